The maximum Gasteiger partial charge on any atom is 0.191 e. The molecule has 0 aromatic carbocycles. The van der Waals surface area contributed by atoms with Gasteiger partial charge >= 0.3 is 0 Å². The summed E-state index contributed by atoms with van der Waals surface area (Å²) in [6, 6.07) is 0. The van der Waals surface area contributed by atoms with E-state index in [1.807, 2.05) is 0 Å². The molecule has 0 amide bonds. The van der Waals surface area contributed by atoms with Gasteiger partial charge in [-0.15, -0.1) is 0 Å². The Morgan fingerprint density at radius 2 is 2.33 bits per heavy atom. The first-order chi connectivity index (χ1) is 5.93. The number of guanidine groups is 1. The fourth-order valence-electron chi connectivity index (χ4n) is 1.17. The van der Waals surface area contributed by atoms with Gasteiger partial charge in [-0.2, -0.15) is 0 Å². The molecule has 12 heavy (non-hydrogen) atoms. The normalized spacial score (nSPS) is 15.6. The van der Waals surface area contributed by atoms with Crippen molar-refractivity contribution in [1.82, 2.24) is 10.6 Å². The fraction of sp³-hybridized carbons (Fsp3) is 0.875. The maximum absolute atomic E-state index is 5.38. The number of aliphatic imine (C=N–C) groups is 1. The van der Waals surface area contributed by atoms with Gasteiger partial charge in [0.05, 0.1) is 6.54 Å². The van der Waals surface area contributed by atoms with Gasteiger partial charge in [-0.05, 0) is 19.4 Å². The minimum absolute atomic E-state index is 0.805. The summed E-state index contributed by atoms with van der Waals surface area (Å²) in [5.74, 6) is 0.961. The van der Waals surface area contributed by atoms with Crippen molar-refractivity contribution >= 4 is 5.96 Å². The average Bonchev–Trinajstić information content (AvgIpc) is 2.57. The number of nitrogens with one attached hydrogen (secondary N) is 2. The van der Waals surface area contributed by atoms with Gasteiger partial charge in [-0.25, -0.2) is 0 Å². The summed E-state index contributed by atoms with van der Waals surface area (Å²) in [7, 11) is 0. The number of rotatable bonds is 5. The zero-order chi connectivity index (χ0) is 8.65. The lowest BCUT2D eigenvalue weighted by Crippen LogP contribution is -2.34. The summed E-state index contributed by atoms with van der Waals surface area (Å²) < 4.78 is 0. The van der Waals surface area contributed by atoms with Crippen molar-refractivity contribution in [3.8, 4) is 0 Å². The van der Waals surface area contributed by atoms with E-state index in [4.69, 9.17) is 5.73 Å². The van der Waals surface area contributed by atoms with E-state index in [1.54, 1.807) is 0 Å². The highest BCUT2D eigenvalue weighted by Crippen LogP contribution is 1.91. The standard InChI is InChI=1S/C8H18N4/c9-4-2-1-3-5-10-8-11-6-7-12-8/h1-7,9H2,(H2,10,11,12). The fourth-order valence-corrected chi connectivity index (χ4v) is 1.17. The molecular formula is C8H18N4. The Morgan fingerprint density at radius 3 is 3.00 bits per heavy atom. The predicted molar refractivity (Wildman–Crippen MR) is 51.2 cm³/mol. The summed E-state index contributed by atoms with van der Waals surface area (Å²) in [6.45, 7) is 3.70. The van der Waals surface area contributed by atoms with E-state index in [2.05, 4.69) is 15.6 Å². The molecule has 0 radical (unpaired) electrons. The lowest BCUT2D eigenvalue weighted by Gasteiger charge is -2.05. The molecule has 1 rings (SSSR count). The first-order valence-electron chi connectivity index (χ1n) is 4.66. The molecule has 1 aliphatic heterocycles. The zero-order valence-corrected chi connectivity index (χ0v) is 7.47. The van der Waals surface area contributed by atoms with Crippen LogP contribution in [0.15, 0.2) is 4.99 Å². The Bertz CT molecular complexity index is 144. The van der Waals surface area contributed by atoms with Crippen LogP contribution in [-0.4, -0.2) is 32.1 Å². The molecule has 4 N–H and O–H groups in total. The highest BCUT2D eigenvalue weighted by molar-refractivity contribution is 5.81. The topological polar surface area (TPSA) is 62.4 Å². The van der Waals surface area contributed by atoms with Gasteiger partial charge in [0.1, 0.15) is 0 Å². The summed E-state index contributed by atoms with van der Waals surface area (Å²) in [4.78, 5) is 4.22. The molecule has 0 aliphatic carbocycles. The van der Waals surface area contributed by atoms with E-state index in [-0.39, 0.29) is 0 Å². The molecule has 0 atom stereocenters. The summed E-state index contributed by atoms with van der Waals surface area (Å²) in [5.41, 5.74) is 5.38. The Balaban J connectivity index is 1.88. The summed E-state index contributed by atoms with van der Waals surface area (Å²) >= 11 is 0. The first-order valence-corrected chi connectivity index (χ1v) is 4.66. The molecule has 4 heteroatoms. The van der Waals surface area contributed by atoms with Crippen LogP contribution in [0.4, 0.5) is 0 Å². The van der Waals surface area contributed by atoms with E-state index >= 15 is 0 Å². The molecule has 0 saturated heterocycles. The van der Waals surface area contributed by atoms with Crippen LogP contribution in [-0.2, 0) is 0 Å². The maximum atomic E-state index is 5.38. The SMILES string of the molecule is NCCCCCNC1=NCCN1. The van der Waals surface area contributed by atoms with Crippen LogP contribution in [0.3, 0.4) is 0 Å². The van der Waals surface area contributed by atoms with Crippen molar-refractivity contribution in [3.63, 3.8) is 0 Å². The molecule has 0 spiro atoms. The summed E-state index contributed by atoms with van der Waals surface area (Å²) in [6.07, 6.45) is 3.51. The van der Waals surface area contributed by atoms with Crippen molar-refractivity contribution in [2.75, 3.05) is 26.2 Å². The van der Waals surface area contributed by atoms with Crippen LogP contribution in [0, 0.1) is 0 Å². The monoisotopic (exact) mass is 170 g/mol. The predicted octanol–water partition coefficient (Wildman–Crippen LogP) is -0.336. The second-order valence-electron chi connectivity index (χ2n) is 2.93. The molecule has 0 saturated carbocycles. The summed E-state index contributed by atoms with van der Waals surface area (Å²) in [5, 5.41) is 6.40. The molecule has 0 fully saturated rings. The minimum atomic E-state index is 0.805. The number of nitrogens with two attached hydrogens (primary N) is 1. The molecule has 4 nitrogen and oxygen atoms in total. The van der Waals surface area contributed by atoms with Crippen molar-refractivity contribution < 1.29 is 0 Å². The largest absolute Gasteiger partial charge is 0.356 e. The first kappa shape index (κ1) is 9.32. The van der Waals surface area contributed by atoms with E-state index in [9.17, 15) is 0 Å². The van der Waals surface area contributed by atoms with Gasteiger partial charge in [0.15, 0.2) is 5.96 Å². The van der Waals surface area contributed by atoms with Gasteiger partial charge in [-0.1, -0.05) is 6.42 Å². The third-order valence-electron chi connectivity index (χ3n) is 1.85. The molecule has 70 valence electrons. The molecule has 0 aromatic heterocycles. The Hall–Kier alpha value is -0.770. The second-order valence-corrected chi connectivity index (χ2v) is 2.93. The number of hydrogen-bond donors (Lipinski definition) is 3. The molecular weight excluding hydrogens is 152 g/mol. The Labute approximate surface area is 73.6 Å². The highest BCUT2D eigenvalue weighted by Gasteiger charge is 2.01. The second kappa shape index (κ2) is 5.83. The third kappa shape index (κ3) is 3.57. The van der Waals surface area contributed by atoms with Crippen molar-refractivity contribution in [2.24, 2.45) is 10.7 Å². The lowest BCUT2D eigenvalue weighted by atomic mass is 10.2. The third-order valence-corrected chi connectivity index (χ3v) is 1.85. The Kier molecular flexibility index (Phi) is 4.52. The van der Waals surface area contributed by atoms with E-state index < -0.39 is 0 Å². The minimum Gasteiger partial charge on any atom is -0.356 e. The van der Waals surface area contributed by atoms with Gasteiger partial charge in [-0.3, -0.25) is 4.99 Å². The van der Waals surface area contributed by atoms with Crippen molar-refractivity contribution in [1.29, 1.82) is 0 Å². The molecule has 1 heterocycles. The Morgan fingerprint density at radius 1 is 1.42 bits per heavy atom. The number of hydrogen-bond acceptors (Lipinski definition) is 4. The number of nitrogens with zero attached hydrogens (tertiary/aromatic N) is 1. The van der Waals surface area contributed by atoms with E-state index in [0.29, 0.717) is 0 Å². The van der Waals surface area contributed by atoms with Crippen LogP contribution in [0.1, 0.15) is 19.3 Å². The van der Waals surface area contributed by atoms with Crippen molar-refractivity contribution in [2.45, 2.75) is 19.3 Å². The van der Waals surface area contributed by atoms with Crippen LogP contribution in [0.25, 0.3) is 0 Å². The van der Waals surface area contributed by atoms with Crippen LogP contribution in [0.5, 0.6) is 0 Å². The van der Waals surface area contributed by atoms with E-state index in [0.717, 1.165) is 38.6 Å². The number of unbranched alkanes of at least 4 members (excludes halogenated alkanes) is 2. The van der Waals surface area contributed by atoms with Crippen LogP contribution >= 0.6 is 0 Å². The molecule has 0 unspecified atom stereocenters. The molecule has 0 bridgehead atoms. The lowest BCUT2D eigenvalue weighted by molar-refractivity contribution is 0.667. The average molecular weight is 170 g/mol. The molecule has 0 aromatic rings. The zero-order valence-electron chi connectivity index (χ0n) is 7.47. The van der Waals surface area contributed by atoms with E-state index in [1.165, 1.54) is 12.8 Å². The van der Waals surface area contributed by atoms with Gasteiger partial charge in [0, 0.05) is 13.1 Å². The highest BCUT2D eigenvalue weighted by atomic mass is 15.2. The van der Waals surface area contributed by atoms with Crippen LogP contribution < -0.4 is 16.4 Å². The van der Waals surface area contributed by atoms with Crippen molar-refractivity contribution in [3.05, 3.63) is 0 Å². The quantitative estimate of drug-likeness (QED) is 0.495. The van der Waals surface area contributed by atoms with Crippen LogP contribution in [0.2, 0.25) is 0 Å². The van der Waals surface area contributed by atoms with Gasteiger partial charge < -0.3 is 16.4 Å². The smallest absolute Gasteiger partial charge is 0.191 e. The van der Waals surface area contributed by atoms with Gasteiger partial charge in [0.25, 0.3) is 0 Å². The van der Waals surface area contributed by atoms with Gasteiger partial charge in [0.2, 0.25) is 0 Å². The molecule has 1 aliphatic rings.